The topological polar surface area (TPSA) is 67.4 Å². The Balaban J connectivity index is 1.09. The molecule has 5 nitrogen and oxygen atoms in total. The molecule has 3 aliphatic carbocycles. The van der Waals surface area contributed by atoms with Gasteiger partial charge in [-0.2, -0.15) is 15.2 Å². The maximum atomic E-state index is 9.77. The summed E-state index contributed by atoms with van der Waals surface area (Å²) in [5.74, 6) is 4.45. The zero-order valence-corrected chi connectivity index (χ0v) is 33.8. The summed E-state index contributed by atoms with van der Waals surface area (Å²) < 4.78 is 2.20. The first-order valence-electron chi connectivity index (χ1n) is 21.5. The quantitative estimate of drug-likeness (QED) is 0.179. The van der Waals surface area contributed by atoms with Gasteiger partial charge in [0.05, 0.1) is 22.7 Å². The van der Waals surface area contributed by atoms with Gasteiger partial charge in [0.15, 0.2) is 11.6 Å². The molecular weight excluding hydrogens is 731 g/mol. The molecule has 3 aliphatic rings. The van der Waals surface area contributed by atoms with Gasteiger partial charge in [-0.1, -0.05) is 129 Å². The third kappa shape index (κ3) is 5.13. The fourth-order valence-corrected chi connectivity index (χ4v) is 12.1. The average molecular weight is 774 g/mol. The number of hydrogen-bond donors (Lipinski definition) is 0. The fourth-order valence-electron chi connectivity index (χ4n) is 12.1. The average Bonchev–Trinajstić information content (AvgIpc) is 3.79. The Morgan fingerprint density at radius 3 is 2.18 bits per heavy atom. The number of nitrogens with zero attached hydrogens (tertiary/aromatic N) is 5. The van der Waals surface area contributed by atoms with Crippen molar-refractivity contribution in [1.82, 2.24) is 19.5 Å². The molecule has 5 atom stereocenters. The van der Waals surface area contributed by atoms with E-state index in [9.17, 15) is 5.26 Å². The van der Waals surface area contributed by atoms with Gasteiger partial charge >= 0.3 is 0 Å². The molecule has 288 valence electrons. The van der Waals surface area contributed by atoms with Gasteiger partial charge in [0, 0.05) is 27.3 Å². The van der Waals surface area contributed by atoms with E-state index in [-0.39, 0.29) is 5.41 Å². The lowest BCUT2D eigenvalue weighted by atomic mass is 9.49. The van der Waals surface area contributed by atoms with Crippen molar-refractivity contribution in [3.05, 3.63) is 168 Å². The van der Waals surface area contributed by atoms with E-state index in [1.165, 1.54) is 69.7 Å². The molecular formula is C55H43N5. The number of fused-ring (bicyclic) bond motifs is 13. The molecule has 2 heterocycles. The van der Waals surface area contributed by atoms with Crippen LogP contribution in [0.1, 0.15) is 56.2 Å². The molecule has 2 fully saturated rings. The van der Waals surface area contributed by atoms with Crippen LogP contribution in [0, 0.1) is 35.0 Å². The van der Waals surface area contributed by atoms with Crippen LogP contribution < -0.4 is 0 Å². The Labute approximate surface area is 350 Å². The Hall–Kier alpha value is -6.90. The molecule has 5 heteroatoms. The van der Waals surface area contributed by atoms with Crippen molar-refractivity contribution in [2.45, 2.75) is 44.9 Å². The van der Waals surface area contributed by atoms with Crippen LogP contribution in [0.4, 0.5) is 0 Å². The zero-order chi connectivity index (χ0) is 40.1. The van der Waals surface area contributed by atoms with Crippen LogP contribution >= 0.6 is 0 Å². The Morgan fingerprint density at radius 2 is 1.30 bits per heavy atom. The van der Waals surface area contributed by atoms with Crippen molar-refractivity contribution in [2.24, 2.45) is 23.7 Å². The highest BCUT2D eigenvalue weighted by Crippen LogP contribution is 2.64. The molecule has 2 saturated carbocycles. The van der Waals surface area contributed by atoms with E-state index < -0.39 is 0 Å². The van der Waals surface area contributed by atoms with Crippen LogP contribution in [0.2, 0.25) is 0 Å². The van der Waals surface area contributed by atoms with Crippen molar-refractivity contribution < 1.29 is 0 Å². The monoisotopic (exact) mass is 773 g/mol. The predicted molar refractivity (Wildman–Crippen MR) is 243 cm³/mol. The van der Waals surface area contributed by atoms with Gasteiger partial charge in [-0.15, -0.1) is 0 Å². The first kappa shape index (κ1) is 35.1. The first-order chi connectivity index (χ1) is 29.5. The largest absolute Gasteiger partial charge is 0.278 e. The minimum atomic E-state index is 0.0308. The number of rotatable bonds is 4. The van der Waals surface area contributed by atoms with Gasteiger partial charge in [0.25, 0.3) is 0 Å². The Bertz CT molecular complexity index is 3240. The van der Waals surface area contributed by atoms with E-state index in [0.29, 0.717) is 35.0 Å². The smallest absolute Gasteiger partial charge is 0.238 e. The van der Waals surface area contributed by atoms with E-state index in [1.807, 2.05) is 48.5 Å². The van der Waals surface area contributed by atoms with Crippen LogP contribution in [0.15, 0.2) is 152 Å². The van der Waals surface area contributed by atoms with Gasteiger partial charge in [-0.3, -0.25) is 4.57 Å². The summed E-state index contributed by atoms with van der Waals surface area (Å²) in [6.45, 7) is 5.04. The molecule has 0 aliphatic heterocycles. The molecule has 2 aromatic heterocycles. The van der Waals surface area contributed by atoms with E-state index >= 15 is 0 Å². The summed E-state index contributed by atoms with van der Waals surface area (Å²) in [6, 6.07) is 56.5. The molecule has 1 spiro atoms. The first-order valence-corrected chi connectivity index (χ1v) is 21.5. The van der Waals surface area contributed by atoms with E-state index in [2.05, 4.69) is 122 Å². The van der Waals surface area contributed by atoms with Crippen LogP contribution in [-0.4, -0.2) is 19.5 Å². The van der Waals surface area contributed by atoms with Crippen LogP contribution in [0.5, 0.6) is 0 Å². The van der Waals surface area contributed by atoms with Crippen LogP contribution in [0.25, 0.3) is 83.6 Å². The molecule has 0 amide bonds. The zero-order valence-electron chi connectivity index (χ0n) is 33.8. The maximum absolute atomic E-state index is 9.77. The van der Waals surface area contributed by atoms with Crippen molar-refractivity contribution >= 4 is 32.6 Å². The van der Waals surface area contributed by atoms with Gasteiger partial charge in [0.2, 0.25) is 5.95 Å². The van der Waals surface area contributed by atoms with Crippen molar-refractivity contribution in [1.29, 1.82) is 5.26 Å². The van der Waals surface area contributed by atoms with Crippen LogP contribution in [0.3, 0.4) is 0 Å². The standard InChI is InChI=1S/C55H43N5/c1-33-25-36-27-34(2)55(42(26-33)29-36)47-18-9-8-17-44(47)45-22-19-40(31-48(45)55)39-21-23-49-46(30-39)51-43-16-7-6-12-37(43)20-24-50(51)60(49)54-58-52(38-13-4-3-5-14-38)57-53(59-54)41-15-10-11-35(28-41)32-56/h3-24,28,30-31,33-34,36,42H,25-27,29H2,1-2H3. The minimum Gasteiger partial charge on any atom is -0.278 e. The van der Waals surface area contributed by atoms with Gasteiger partial charge in [0.1, 0.15) is 0 Å². The van der Waals surface area contributed by atoms with Crippen molar-refractivity contribution in [2.75, 3.05) is 0 Å². The lowest BCUT2D eigenvalue weighted by Crippen LogP contribution is -2.49. The molecule has 0 saturated heterocycles. The minimum absolute atomic E-state index is 0.0308. The molecule has 12 rings (SSSR count). The highest BCUT2D eigenvalue weighted by atomic mass is 15.2. The van der Waals surface area contributed by atoms with Gasteiger partial charge < -0.3 is 0 Å². The lowest BCUT2D eigenvalue weighted by molar-refractivity contribution is 0.0426. The lowest BCUT2D eigenvalue weighted by Gasteiger charge is -2.54. The number of hydrogen-bond acceptors (Lipinski definition) is 4. The Morgan fingerprint density at radius 1 is 0.567 bits per heavy atom. The summed E-state index contributed by atoms with van der Waals surface area (Å²) >= 11 is 0. The molecule has 5 unspecified atom stereocenters. The van der Waals surface area contributed by atoms with E-state index in [1.54, 1.807) is 11.6 Å². The third-order valence-electron chi connectivity index (χ3n) is 14.4. The molecule has 9 aromatic rings. The highest BCUT2D eigenvalue weighted by molar-refractivity contribution is 6.21. The summed E-state index contributed by atoms with van der Waals surface area (Å²) in [6.07, 6.45) is 5.30. The molecule has 60 heavy (non-hydrogen) atoms. The molecule has 7 aromatic carbocycles. The summed E-state index contributed by atoms with van der Waals surface area (Å²) in [5.41, 5.74) is 12.7. The highest BCUT2D eigenvalue weighted by Gasteiger charge is 2.56. The van der Waals surface area contributed by atoms with Gasteiger partial charge in [-0.25, -0.2) is 4.98 Å². The Kier molecular flexibility index (Phi) is 7.78. The van der Waals surface area contributed by atoms with E-state index in [4.69, 9.17) is 15.0 Å². The SMILES string of the molecule is CC1CC2CC(C)C3(c4ccccc4-c4ccc(-c5ccc6c(c5)c5c7ccccc7ccc5n6-c5nc(-c6ccccc6)nc(-c6cccc(C#N)c6)n5)cc43)C(C1)C2. The predicted octanol–water partition coefficient (Wildman–Crippen LogP) is 13.4. The molecule has 0 radical (unpaired) electrons. The number of nitriles is 1. The maximum Gasteiger partial charge on any atom is 0.238 e. The second-order valence-corrected chi connectivity index (χ2v) is 17.8. The fraction of sp³-hybridized carbons (Fsp3) is 0.200. The second-order valence-electron chi connectivity index (χ2n) is 17.8. The third-order valence-corrected chi connectivity index (χ3v) is 14.4. The summed E-state index contributed by atoms with van der Waals surface area (Å²) in [4.78, 5) is 15.4. The number of aromatic nitrogens is 4. The van der Waals surface area contributed by atoms with Crippen LogP contribution in [-0.2, 0) is 5.41 Å². The summed E-state index contributed by atoms with van der Waals surface area (Å²) in [7, 11) is 0. The van der Waals surface area contributed by atoms with E-state index in [0.717, 1.165) is 39.4 Å². The number of benzene rings is 7. The van der Waals surface area contributed by atoms with Gasteiger partial charge in [-0.05, 0) is 130 Å². The van der Waals surface area contributed by atoms with Crippen molar-refractivity contribution in [3.63, 3.8) is 0 Å². The molecule has 0 N–H and O–H groups in total. The normalized spacial score (nSPS) is 21.6. The van der Waals surface area contributed by atoms with Crippen molar-refractivity contribution in [3.8, 4) is 57.0 Å². The molecule has 2 bridgehead atoms. The second kappa shape index (κ2) is 13.3. The summed E-state index contributed by atoms with van der Waals surface area (Å²) in [5, 5.41) is 14.5.